The van der Waals surface area contributed by atoms with Crippen LogP contribution in [0.5, 0.6) is 23.0 Å². The van der Waals surface area contributed by atoms with E-state index >= 15 is 0 Å². The Hall–Kier alpha value is -5.64. The number of carbonyl (C=O) groups excluding carboxylic acids is 3. The highest BCUT2D eigenvalue weighted by atomic mass is 16.6. The highest BCUT2D eigenvalue weighted by Crippen LogP contribution is 2.36. The Labute approximate surface area is 375 Å². The van der Waals surface area contributed by atoms with Crippen molar-refractivity contribution < 1.29 is 48.0 Å². The summed E-state index contributed by atoms with van der Waals surface area (Å²) in [6.07, 6.45) is 5.39. The molecule has 0 aromatic heterocycles. The fourth-order valence-corrected chi connectivity index (χ4v) is 7.20. The van der Waals surface area contributed by atoms with E-state index < -0.39 is 24.1 Å². The predicted molar refractivity (Wildman–Crippen MR) is 249 cm³/mol. The molecule has 0 aliphatic heterocycles. The van der Waals surface area contributed by atoms with Crippen LogP contribution in [0, 0.1) is 0 Å². The van der Waals surface area contributed by atoms with E-state index in [0.29, 0.717) is 65.2 Å². The molecular weight excluding hydrogens is 797 g/mol. The number of hydrogen-bond acceptors (Lipinski definition) is 9. The second-order valence-corrected chi connectivity index (χ2v) is 16.1. The summed E-state index contributed by atoms with van der Waals surface area (Å²) in [6.45, 7) is 19.8. The van der Waals surface area contributed by atoms with Crippen LogP contribution in [-0.4, -0.2) is 47.9 Å². The van der Waals surface area contributed by atoms with Crippen LogP contribution in [0.2, 0.25) is 0 Å². The number of carboxylic acid groups (broad SMARTS) is 1. The number of benzene rings is 4. The standard InChI is InChI=1S/C27H36O5.C26H34O5/c1-7-10-20-16-22(24(28)9-3)17-21(11-8-2)25(20)32-26(27(29)30-6)19-12-14-23(15-13-19)31-18(4)5;1-6-9-19-15-21(23(27)8-3)16-20(10-7-2)24(19)31-25(26(28)29)18-11-13-22(14-12-18)30-17(4)5/h12-18,26H,7-11H2,1-6H3;11-17,25H,6-10H2,1-5H3,(H,28,29). The van der Waals surface area contributed by atoms with E-state index in [2.05, 4.69) is 27.7 Å². The second kappa shape index (κ2) is 26.1. The van der Waals surface area contributed by atoms with Crippen LogP contribution < -0.4 is 18.9 Å². The molecule has 0 bridgehead atoms. The number of ether oxygens (including phenoxy) is 5. The average molecular weight is 867 g/mol. The molecule has 2 unspecified atom stereocenters. The first-order valence-corrected chi connectivity index (χ1v) is 22.7. The molecule has 342 valence electrons. The molecule has 0 spiro atoms. The van der Waals surface area contributed by atoms with Gasteiger partial charge in [-0.3, -0.25) is 9.59 Å². The van der Waals surface area contributed by atoms with Gasteiger partial charge in [0.05, 0.1) is 19.3 Å². The molecular formula is C53H70O10. The van der Waals surface area contributed by atoms with E-state index in [9.17, 15) is 24.3 Å². The van der Waals surface area contributed by atoms with Gasteiger partial charge in [0.15, 0.2) is 11.6 Å². The third kappa shape index (κ3) is 15.3. The molecule has 0 aliphatic rings. The zero-order chi connectivity index (χ0) is 46.6. The number of rotatable bonds is 24. The van der Waals surface area contributed by atoms with Gasteiger partial charge in [-0.25, -0.2) is 9.59 Å². The van der Waals surface area contributed by atoms with Crippen molar-refractivity contribution in [3.05, 3.63) is 117 Å². The first-order valence-electron chi connectivity index (χ1n) is 22.7. The lowest BCUT2D eigenvalue weighted by atomic mass is 9.95. The summed E-state index contributed by atoms with van der Waals surface area (Å²) in [4.78, 5) is 49.6. The van der Waals surface area contributed by atoms with Gasteiger partial charge in [0.25, 0.3) is 0 Å². The smallest absolute Gasteiger partial charge is 0.351 e. The van der Waals surface area contributed by atoms with Crippen LogP contribution in [0.3, 0.4) is 0 Å². The SMILES string of the molecule is CCCc1cc(C(=O)CC)cc(CCC)c1OC(C(=O)O)c1ccc(OC(C)C)cc1.CCCc1cc(C(=O)CC)cc(CCC)c1OC(C(=O)OC)c1ccc(OC(C)C)cc1. The van der Waals surface area contributed by atoms with Crippen molar-refractivity contribution in [1.82, 2.24) is 0 Å². The molecule has 0 aliphatic carbocycles. The lowest BCUT2D eigenvalue weighted by molar-refractivity contribution is -0.149. The number of Topliss-reactive ketones (excluding diaryl/α,β-unsaturated/α-hetero) is 2. The summed E-state index contributed by atoms with van der Waals surface area (Å²) in [5.74, 6) is 1.34. The van der Waals surface area contributed by atoms with E-state index in [1.807, 2.05) is 90.1 Å². The van der Waals surface area contributed by atoms with Crippen LogP contribution >= 0.6 is 0 Å². The maximum absolute atomic E-state index is 12.7. The van der Waals surface area contributed by atoms with Gasteiger partial charge in [-0.2, -0.15) is 0 Å². The van der Waals surface area contributed by atoms with Gasteiger partial charge in [0.1, 0.15) is 23.0 Å². The summed E-state index contributed by atoms with van der Waals surface area (Å²) in [6, 6.07) is 21.8. The first-order chi connectivity index (χ1) is 30.1. The minimum Gasteiger partial charge on any atom is -0.491 e. The van der Waals surface area contributed by atoms with E-state index in [4.69, 9.17) is 23.7 Å². The fraction of sp³-hybridized carbons (Fsp3) is 0.472. The number of carboxylic acids is 1. The van der Waals surface area contributed by atoms with E-state index in [0.717, 1.165) is 66.5 Å². The Bertz CT molecular complexity index is 2030. The first kappa shape index (κ1) is 51.7. The van der Waals surface area contributed by atoms with Crippen LogP contribution in [-0.2, 0) is 40.0 Å². The van der Waals surface area contributed by atoms with Crippen molar-refractivity contribution in [3.63, 3.8) is 0 Å². The molecule has 4 aromatic rings. The Morgan fingerprint density at radius 1 is 0.492 bits per heavy atom. The molecule has 2 atom stereocenters. The molecule has 1 N–H and O–H groups in total. The molecule has 10 nitrogen and oxygen atoms in total. The molecule has 0 amide bonds. The highest BCUT2D eigenvalue weighted by Gasteiger charge is 2.28. The molecule has 0 heterocycles. The number of carbonyl (C=O) groups is 4. The second-order valence-electron chi connectivity index (χ2n) is 16.1. The molecule has 10 heteroatoms. The van der Waals surface area contributed by atoms with Crippen LogP contribution in [0.15, 0.2) is 72.8 Å². The van der Waals surface area contributed by atoms with Crippen molar-refractivity contribution in [1.29, 1.82) is 0 Å². The quantitative estimate of drug-likeness (QED) is 0.0535. The summed E-state index contributed by atoms with van der Waals surface area (Å²) >= 11 is 0. The van der Waals surface area contributed by atoms with Gasteiger partial charge in [0.2, 0.25) is 12.2 Å². The number of aliphatic carboxylic acids is 1. The molecule has 4 rings (SSSR count). The number of ketones is 2. The predicted octanol–water partition coefficient (Wildman–Crippen LogP) is 12.4. The van der Waals surface area contributed by atoms with Crippen molar-refractivity contribution in [2.24, 2.45) is 0 Å². The fourth-order valence-electron chi connectivity index (χ4n) is 7.20. The highest BCUT2D eigenvalue weighted by molar-refractivity contribution is 5.97. The Kier molecular flexibility index (Phi) is 21.4. The van der Waals surface area contributed by atoms with Crippen LogP contribution in [0.4, 0.5) is 0 Å². The Morgan fingerprint density at radius 2 is 0.810 bits per heavy atom. The summed E-state index contributed by atoms with van der Waals surface area (Å²) < 4.78 is 29.0. The monoisotopic (exact) mass is 866 g/mol. The minimum atomic E-state index is -1.15. The lowest BCUT2D eigenvalue weighted by Crippen LogP contribution is -2.21. The average Bonchev–Trinajstić information content (AvgIpc) is 3.25. The normalized spacial score (nSPS) is 11.9. The van der Waals surface area contributed by atoms with Crippen molar-refractivity contribution >= 4 is 23.5 Å². The molecule has 0 saturated carbocycles. The number of esters is 1. The molecule has 0 fully saturated rings. The summed E-state index contributed by atoms with van der Waals surface area (Å²) in [5.41, 5.74) is 6.27. The maximum Gasteiger partial charge on any atom is 0.351 e. The van der Waals surface area contributed by atoms with Crippen LogP contribution in [0.25, 0.3) is 0 Å². The van der Waals surface area contributed by atoms with Gasteiger partial charge < -0.3 is 28.8 Å². The van der Waals surface area contributed by atoms with Crippen LogP contribution in [0.1, 0.15) is 174 Å². The summed E-state index contributed by atoms with van der Waals surface area (Å²) in [5, 5.41) is 9.91. The lowest BCUT2D eigenvalue weighted by Gasteiger charge is -2.23. The zero-order valence-corrected chi connectivity index (χ0v) is 39.4. The van der Waals surface area contributed by atoms with E-state index in [-0.39, 0.29) is 23.8 Å². The zero-order valence-electron chi connectivity index (χ0n) is 39.4. The van der Waals surface area contributed by atoms with Gasteiger partial charge in [-0.15, -0.1) is 0 Å². The van der Waals surface area contributed by atoms with Crippen molar-refractivity contribution in [3.8, 4) is 23.0 Å². The number of aryl methyl sites for hydroxylation is 4. The molecule has 0 radical (unpaired) electrons. The maximum atomic E-state index is 12.7. The Morgan fingerprint density at radius 3 is 1.08 bits per heavy atom. The van der Waals surface area contributed by atoms with Crippen molar-refractivity contribution in [2.45, 2.75) is 158 Å². The molecule has 0 saturated heterocycles. The van der Waals surface area contributed by atoms with Crippen molar-refractivity contribution in [2.75, 3.05) is 7.11 Å². The molecule has 4 aromatic carbocycles. The van der Waals surface area contributed by atoms with Gasteiger partial charge in [-0.05, 0) is 124 Å². The largest absolute Gasteiger partial charge is 0.491 e. The van der Waals surface area contributed by atoms with Gasteiger partial charge in [-0.1, -0.05) is 91.5 Å². The number of hydrogen-bond donors (Lipinski definition) is 1. The van der Waals surface area contributed by atoms with E-state index in [1.165, 1.54) is 7.11 Å². The minimum absolute atomic E-state index is 0.0370. The third-order valence-electron chi connectivity index (χ3n) is 10.1. The van der Waals surface area contributed by atoms with Gasteiger partial charge >= 0.3 is 11.9 Å². The topological polar surface area (TPSA) is 135 Å². The number of methoxy groups -OCH3 is 1. The summed E-state index contributed by atoms with van der Waals surface area (Å²) in [7, 11) is 1.36. The van der Waals surface area contributed by atoms with E-state index in [1.54, 1.807) is 24.3 Å². The molecule has 63 heavy (non-hydrogen) atoms. The Balaban J connectivity index is 0.000000335. The third-order valence-corrected chi connectivity index (χ3v) is 10.1. The van der Waals surface area contributed by atoms with Gasteiger partial charge in [0, 0.05) is 35.1 Å².